The Balaban J connectivity index is 0.00000200. The molecule has 1 aromatic rings. The van der Waals surface area contributed by atoms with Crippen LogP contribution in [-0.4, -0.2) is 39.6 Å². The number of rotatable bonds is 4. The third kappa shape index (κ3) is 4.05. The van der Waals surface area contributed by atoms with Crippen molar-refractivity contribution in [2.75, 3.05) is 20.2 Å². The lowest BCUT2D eigenvalue weighted by Gasteiger charge is -2.29. The lowest BCUT2D eigenvalue weighted by atomic mass is 9.97. The molecule has 8 heteroatoms. The number of nitrogens with zero attached hydrogens (tertiary/aromatic N) is 1. The van der Waals surface area contributed by atoms with Crippen LogP contribution in [0.15, 0.2) is 23.2 Å². The van der Waals surface area contributed by atoms with E-state index >= 15 is 0 Å². The van der Waals surface area contributed by atoms with Crippen molar-refractivity contribution in [1.82, 2.24) is 15.0 Å². The summed E-state index contributed by atoms with van der Waals surface area (Å²) in [5.74, 6) is 0.670. The maximum Gasteiger partial charge on any atom is 0.242 e. The van der Waals surface area contributed by atoms with E-state index in [1.165, 1.54) is 19.4 Å². The average Bonchev–Trinajstić information content (AvgIpc) is 2.41. The van der Waals surface area contributed by atoms with Crippen molar-refractivity contribution in [2.24, 2.45) is 5.92 Å². The lowest BCUT2D eigenvalue weighted by Crippen LogP contribution is -2.48. The van der Waals surface area contributed by atoms with Crippen LogP contribution in [0.4, 0.5) is 0 Å². The van der Waals surface area contributed by atoms with E-state index in [1.807, 2.05) is 6.92 Å². The SMILES string of the molecule is COc1ccc(S(=O)(=O)NC2CCNCC2C)cn1.Cl. The highest BCUT2D eigenvalue weighted by Crippen LogP contribution is 2.16. The Morgan fingerprint density at radius 3 is 2.75 bits per heavy atom. The molecule has 2 unspecified atom stereocenters. The molecule has 0 aliphatic carbocycles. The maximum absolute atomic E-state index is 12.2. The summed E-state index contributed by atoms with van der Waals surface area (Å²) in [5.41, 5.74) is 0. The quantitative estimate of drug-likeness (QED) is 0.857. The van der Waals surface area contributed by atoms with Gasteiger partial charge >= 0.3 is 0 Å². The average molecular weight is 322 g/mol. The molecule has 0 spiro atoms. The topological polar surface area (TPSA) is 80.3 Å². The molecular formula is C12H20ClN3O3S. The highest BCUT2D eigenvalue weighted by atomic mass is 35.5. The molecule has 1 aliphatic heterocycles. The molecule has 6 nitrogen and oxygen atoms in total. The molecule has 2 N–H and O–H groups in total. The second-order valence-electron chi connectivity index (χ2n) is 4.73. The number of hydrogen-bond acceptors (Lipinski definition) is 5. The predicted octanol–water partition coefficient (Wildman–Crippen LogP) is 0.788. The molecule has 114 valence electrons. The molecule has 0 saturated carbocycles. The number of ether oxygens (including phenoxy) is 1. The van der Waals surface area contributed by atoms with E-state index in [0.717, 1.165) is 19.5 Å². The van der Waals surface area contributed by atoms with Crippen LogP contribution in [0.5, 0.6) is 5.88 Å². The summed E-state index contributed by atoms with van der Waals surface area (Å²) in [5, 5.41) is 3.24. The van der Waals surface area contributed by atoms with Gasteiger partial charge in [-0.2, -0.15) is 0 Å². The van der Waals surface area contributed by atoms with Gasteiger partial charge in [-0.1, -0.05) is 6.92 Å². The van der Waals surface area contributed by atoms with Gasteiger partial charge in [0, 0.05) is 12.1 Å². The number of hydrogen-bond donors (Lipinski definition) is 2. The Hall–Kier alpha value is -0.890. The molecule has 0 radical (unpaired) electrons. The summed E-state index contributed by atoms with van der Waals surface area (Å²) in [6.07, 6.45) is 2.11. The number of nitrogens with one attached hydrogen (secondary N) is 2. The molecule has 0 amide bonds. The fourth-order valence-corrected chi connectivity index (χ4v) is 3.43. The van der Waals surface area contributed by atoms with Crippen LogP contribution in [0, 0.1) is 5.92 Å². The third-order valence-electron chi connectivity index (χ3n) is 3.32. The molecule has 0 bridgehead atoms. The monoisotopic (exact) mass is 321 g/mol. The highest BCUT2D eigenvalue weighted by molar-refractivity contribution is 7.89. The second kappa shape index (κ2) is 7.21. The number of pyridine rings is 1. The fraction of sp³-hybridized carbons (Fsp3) is 0.583. The largest absolute Gasteiger partial charge is 0.481 e. The minimum Gasteiger partial charge on any atom is -0.481 e. The summed E-state index contributed by atoms with van der Waals surface area (Å²) < 4.78 is 32.1. The number of sulfonamides is 1. The van der Waals surface area contributed by atoms with Gasteiger partial charge in [0.05, 0.1) is 13.3 Å². The molecular weight excluding hydrogens is 302 g/mol. The number of piperidine rings is 1. The first-order valence-corrected chi connectivity index (χ1v) is 7.74. The minimum absolute atomic E-state index is 0. The number of halogens is 1. The van der Waals surface area contributed by atoms with Crippen LogP contribution in [0.25, 0.3) is 0 Å². The molecule has 2 heterocycles. The van der Waals surface area contributed by atoms with Crippen LogP contribution in [0.1, 0.15) is 13.3 Å². The maximum atomic E-state index is 12.2. The van der Waals surface area contributed by atoms with E-state index in [1.54, 1.807) is 6.07 Å². The Kier molecular flexibility index (Phi) is 6.19. The van der Waals surface area contributed by atoms with Gasteiger partial charge < -0.3 is 10.1 Å². The van der Waals surface area contributed by atoms with E-state index < -0.39 is 10.0 Å². The Bertz CT molecular complexity index is 521. The Morgan fingerprint density at radius 2 is 2.20 bits per heavy atom. The standard InChI is InChI=1S/C12H19N3O3S.ClH/c1-9-7-13-6-5-11(9)15-19(16,17)10-3-4-12(18-2)14-8-10;/h3-4,8-9,11,13,15H,5-7H2,1-2H3;1H. The zero-order valence-corrected chi connectivity index (χ0v) is 13.1. The minimum atomic E-state index is -3.51. The molecule has 1 aromatic heterocycles. The molecule has 1 aliphatic rings. The lowest BCUT2D eigenvalue weighted by molar-refractivity contribution is 0.328. The van der Waals surface area contributed by atoms with Gasteiger partial charge in [0.2, 0.25) is 15.9 Å². The predicted molar refractivity (Wildman–Crippen MR) is 78.8 cm³/mol. The van der Waals surface area contributed by atoms with E-state index in [4.69, 9.17) is 4.74 Å². The van der Waals surface area contributed by atoms with E-state index in [2.05, 4.69) is 15.0 Å². The zero-order valence-electron chi connectivity index (χ0n) is 11.5. The molecule has 2 atom stereocenters. The Labute approximate surface area is 125 Å². The van der Waals surface area contributed by atoms with Crippen molar-refractivity contribution in [3.8, 4) is 5.88 Å². The molecule has 1 saturated heterocycles. The normalized spacial score (nSPS) is 22.9. The van der Waals surface area contributed by atoms with Gasteiger partial charge in [-0.3, -0.25) is 0 Å². The first kappa shape index (κ1) is 17.2. The highest BCUT2D eigenvalue weighted by Gasteiger charge is 2.26. The van der Waals surface area contributed by atoms with Gasteiger partial charge in [-0.05, 0) is 31.5 Å². The van der Waals surface area contributed by atoms with Crippen LogP contribution in [0.2, 0.25) is 0 Å². The zero-order chi connectivity index (χ0) is 13.9. The van der Waals surface area contributed by atoms with Gasteiger partial charge in [0.25, 0.3) is 0 Å². The summed E-state index contributed by atoms with van der Waals surface area (Å²) in [4.78, 5) is 4.09. The molecule has 0 aromatic carbocycles. The van der Waals surface area contributed by atoms with E-state index in [-0.39, 0.29) is 29.3 Å². The summed E-state index contributed by atoms with van der Waals surface area (Å²) >= 11 is 0. The number of aromatic nitrogens is 1. The Morgan fingerprint density at radius 1 is 1.45 bits per heavy atom. The third-order valence-corrected chi connectivity index (χ3v) is 4.80. The molecule has 2 rings (SSSR count). The summed E-state index contributed by atoms with van der Waals surface area (Å²) in [7, 11) is -2.02. The first-order chi connectivity index (χ1) is 9.03. The summed E-state index contributed by atoms with van der Waals surface area (Å²) in [6.45, 7) is 3.69. The van der Waals surface area contributed by atoms with Crippen LogP contribution < -0.4 is 14.8 Å². The van der Waals surface area contributed by atoms with Gasteiger partial charge in [0.1, 0.15) is 4.90 Å². The van der Waals surface area contributed by atoms with Crippen molar-refractivity contribution in [3.05, 3.63) is 18.3 Å². The fourth-order valence-electron chi connectivity index (χ4n) is 2.10. The first-order valence-electron chi connectivity index (χ1n) is 6.26. The van der Waals surface area contributed by atoms with Crippen molar-refractivity contribution >= 4 is 22.4 Å². The van der Waals surface area contributed by atoms with E-state index in [0.29, 0.717) is 5.88 Å². The van der Waals surface area contributed by atoms with Crippen molar-refractivity contribution in [3.63, 3.8) is 0 Å². The van der Waals surface area contributed by atoms with Crippen molar-refractivity contribution in [2.45, 2.75) is 24.3 Å². The summed E-state index contributed by atoms with van der Waals surface area (Å²) in [6, 6.07) is 3.01. The molecule has 20 heavy (non-hydrogen) atoms. The van der Waals surface area contributed by atoms with Crippen molar-refractivity contribution < 1.29 is 13.2 Å². The second-order valence-corrected chi connectivity index (χ2v) is 6.45. The van der Waals surface area contributed by atoms with Gasteiger partial charge in [0.15, 0.2) is 0 Å². The van der Waals surface area contributed by atoms with Crippen LogP contribution in [0.3, 0.4) is 0 Å². The van der Waals surface area contributed by atoms with Gasteiger partial charge in [-0.25, -0.2) is 18.1 Å². The smallest absolute Gasteiger partial charge is 0.242 e. The van der Waals surface area contributed by atoms with Crippen LogP contribution >= 0.6 is 12.4 Å². The van der Waals surface area contributed by atoms with E-state index in [9.17, 15) is 8.42 Å². The van der Waals surface area contributed by atoms with Gasteiger partial charge in [-0.15, -0.1) is 12.4 Å². The van der Waals surface area contributed by atoms with Crippen LogP contribution in [-0.2, 0) is 10.0 Å². The van der Waals surface area contributed by atoms with Crippen molar-refractivity contribution in [1.29, 1.82) is 0 Å². The molecule has 1 fully saturated rings. The number of methoxy groups -OCH3 is 1.